The molecular weight excluding hydrogens is 474 g/mol. The van der Waals surface area contributed by atoms with Crippen LogP contribution in [0.1, 0.15) is 92.6 Å². The number of aliphatic carboxylic acids is 1. The van der Waals surface area contributed by atoms with E-state index in [9.17, 15) is 9.59 Å². The number of thiol groups is 1. The summed E-state index contributed by atoms with van der Waals surface area (Å²) in [4.78, 5) is 32.7. The molecule has 1 aliphatic heterocycles. The Morgan fingerprint density at radius 2 is 1.75 bits per heavy atom. The molecule has 6 fully saturated rings. The molecule has 0 unspecified atom stereocenters. The van der Waals surface area contributed by atoms with Crippen molar-refractivity contribution in [1.82, 2.24) is 10.3 Å². The van der Waals surface area contributed by atoms with Crippen LogP contribution in [0.5, 0.6) is 0 Å². The largest absolute Gasteiger partial charge is 0.480 e. The van der Waals surface area contributed by atoms with E-state index in [-0.39, 0.29) is 18.6 Å². The van der Waals surface area contributed by atoms with Gasteiger partial charge in [0, 0.05) is 29.9 Å². The standard InChI is InChI=1S/C28H39N3O4S/c32-24(33)15-35-21-6-7-31(14-21)27-23(36)13-22(26(29-27)18-4-2-1-3-5-18)28(34)30-25-19-9-16-8-17(11-19)12-20(25)10-16/h13,16-21,25,36H,1-12,14-15H2,(H,30,34)(H,32,33)/t16?,17?,19?,20?,21-,25?/m1/s1. The molecule has 5 saturated carbocycles. The zero-order valence-corrected chi connectivity index (χ0v) is 21.9. The fourth-order valence-electron chi connectivity index (χ4n) is 8.24. The number of carbonyl (C=O) groups is 2. The first-order chi connectivity index (χ1) is 17.4. The molecule has 5 aliphatic carbocycles. The monoisotopic (exact) mass is 513 g/mol. The SMILES string of the molecule is O=C(O)CO[C@@H]1CCN(c2nc(C3CCCCC3)c(C(=O)NC3C4CC5CC(C4)CC3C5)cc2S)C1. The lowest BCUT2D eigenvalue weighted by atomic mass is 9.54. The fraction of sp³-hybridized carbons (Fsp3) is 0.750. The van der Waals surface area contributed by atoms with E-state index < -0.39 is 5.97 Å². The molecule has 4 bridgehead atoms. The van der Waals surface area contributed by atoms with Gasteiger partial charge in [-0.05, 0) is 81.1 Å². The lowest BCUT2D eigenvalue weighted by molar-refractivity contribution is -0.143. The van der Waals surface area contributed by atoms with Crippen molar-refractivity contribution < 1.29 is 19.4 Å². The number of hydrogen-bond donors (Lipinski definition) is 3. The molecule has 0 spiro atoms. The second-order valence-electron chi connectivity index (χ2n) is 12.1. The van der Waals surface area contributed by atoms with Crippen molar-refractivity contribution in [3.8, 4) is 0 Å². The number of carboxylic acids is 1. The Morgan fingerprint density at radius 3 is 2.42 bits per heavy atom. The molecular formula is C28H39N3O4S. The van der Waals surface area contributed by atoms with E-state index in [1.54, 1.807) is 0 Å². The molecule has 2 N–H and O–H groups in total. The van der Waals surface area contributed by atoms with Crippen molar-refractivity contribution in [1.29, 1.82) is 0 Å². The first-order valence-electron chi connectivity index (χ1n) is 14.1. The highest BCUT2D eigenvalue weighted by molar-refractivity contribution is 7.80. The van der Waals surface area contributed by atoms with Crippen LogP contribution in [0.3, 0.4) is 0 Å². The molecule has 36 heavy (non-hydrogen) atoms. The summed E-state index contributed by atoms with van der Waals surface area (Å²) < 4.78 is 5.54. The highest BCUT2D eigenvalue weighted by Gasteiger charge is 2.48. The number of nitrogens with zero attached hydrogens (tertiary/aromatic N) is 2. The number of carbonyl (C=O) groups excluding carboxylic acids is 1. The van der Waals surface area contributed by atoms with Crippen LogP contribution in [0, 0.1) is 23.7 Å². The third-order valence-electron chi connectivity index (χ3n) is 9.66. The van der Waals surface area contributed by atoms with Crippen LogP contribution < -0.4 is 10.2 Å². The minimum Gasteiger partial charge on any atom is -0.480 e. The second kappa shape index (κ2) is 10.2. The average Bonchev–Trinajstić information content (AvgIpc) is 3.33. The third kappa shape index (κ3) is 4.87. The van der Waals surface area contributed by atoms with Gasteiger partial charge in [-0.15, -0.1) is 12.6 Å². The lowest BCUT2D eigenvalue weighted by Crippen LogP contribution is -2.55. The number of carboxylic acid groups (broad SMARTS) is 1. The Kier molecular flexibility index (Phi) is 6.93. The van der Waals surface area contributed by atoms with Gasteiger partial charge in [-0.2, -0.15) is 0 Å². The summed E-state index contributed by atoms with van der Waals surface area (Å²) in [5.74, 6) is 3.22. The van der Waals surface area contributed by atoms with E-state index in [1.165, 1.54) is 51.4 Å². The van der Waals surface area contributed by atoms with Crippen LogP contribution in [0.15, 0.2) is 11.0 Å². The molecule has 0 radical (unpaired) electrons. The van der Waals surface area contributed by atoms with Crippen LogP contribution in [-0.2, 0) is 9.53 Å². The Hall–Kier alpha value is -1.80. The minimum absolute atomic E-state index is 0.0338. The van der Waals surface area contributed by atoms with Crippen molar-refractivity contribution in [2.75, 3.05) is 24.6 Å². The van der Waals surface area contributed by atoms with Crippen molar-refractivity contribution in [3.05, 3.63) is 17.3 Å². The molecule has 1 atom stereocenters. The highest BCUT2D eigenvalue weighted by Crippen LogP contribution is 2.53. The Morgan fingerprint density at radius 1 is 1.06 bits per heavy atom. The molecule has 7 rings (SSSR count). The molecule has 196 valence electrons. The van der Waals surface area contributed by atoms with E-state index in [4.69, 9.17) is 27.5 Å². The predicted molar refractivity (Wildman–Crippen MR) is 140 cm³/mol. The van der Waals surface area contributed by atoms with Gasteiger partial charge in [0.1, 0.15) is 12.4 Å². The maximum Gasteiger partial charge on any atom is 0.329 e. The zero-order valence-electron chi connectivity index (χ0n) is 21.0. The smallest absolute Gasteiger partial charge is 0.329 e. The Bertz CT molecular complexity index is 983. The summed E-state index contributed by atoms with van der Waals surface area (Å²) in [5, 5.41) is 12.5. The van der Waals surface area contributed by atoms with Gasteiger partial charge in [-0.1, -0.05) is 19.3 Å². The summed E-state index contributed by atoms with van der Waals surface area (Å²) in [6.45, 7) is 1.06. The minimum atomic E-state index is -0.949. The number of nitrogens with one attached hydrogen (secondary N) is 1. The van der Waals surface area contributed by atoms with Crippen LogP contribution in [-0.4, -0.2) is 53.8 Å². The third-order valence-corrected chi connectivity index (χ3v) is 9.99. The predicted octanol–water partition coefficient (Wildman–Crippen LogP) is 4.65. The maximum atomic E-state index is 13.8. The molecule has 7 nitrogen and oxygen atoms in total. The summed E-state index contributed by atoms with van der Waals surface area (Å²) in [5.41, 5.74) is 1.64. The summed E-state index contributed by atoms with van der Waals surface area (Å²) >= 11 is 4.79. The fourth-order valence-corrected chi connectivity index (χ4v) is 8.56. The first-order valence-corrected chi connectivity index (χ1v) is 14.5. The van der Waals surface area contributed by atoms with Crippen molar-refractivity contribution in [3.63, 3.8) is 0 Å². The molecule has 0 aromatic carbocycles. The van der Waals surface area contributed by atoms with Gasteiger partial charge in [0.2, 0.25) is 0 Å². The molecule has 1 amide bonds. The van der Waals surface area contributed by atoms with Gasteiger partial charge >= 0.3 is 5.97 Å². The van der Waals surface area contributed by atoms with Gasteiger partial charge in [0.05, 0.1) is 17.4 Å². The summed E-state index contributed by atoms with van der Waals surface area (Å²) in [7, 11) is 0. The van der Waals surface area contributed by atoms with Gasteiger partial charge in [-0.25, -0.2) is 9.78 Å². The van der Waals surface area contributed by atoms with E-state index in [0.717, 1.165) is 49.2 Å². The normalized spacial score (nSPS) is 33.8. The van der Waals surface area contributed by atoms with E-state index in [0.29, 0.717) is 40.8 Å². The molecule has 2 heterocycles. The number of pyridine rings is 1. The molecule has 1 saturated heterocycles. The van der Waals surface area contributed by atoms with Gasteiger partial charge in [0.25, 0.3) is 5.91 Å². The molecule has 6 aliphatic rings. The first kappa shape index (κ1) is 24.5. The van der Waals surface area contributed by atoms with Gasteiger partial charge < -0.3 is 20.1 Å². The number of hydrogen-bond acceptors (Lipinski definition) is 6. The van der Waals surface area contributed by atoms with Gasteiger partial charge in [-0.3, -0.25) is 4.79 Å². The zero-order chi connectivity index (χ0) is 24.8. The second-order valence-corrected chi connectivity index (χ2v) is 12.6. The van der Waals surface area contributed by atoms with Crippen LogP contribution in [0.4, 0.5) is 5.82 Å². The van der Waals surface area contributed by atoms with Crippen LogP contribution in [0.2, 0.25) is 0 Å². The van der Waals surface area contributed by atoms with Crippen molar-refractivity contribution >= 4 is 30.3 Å². The highest BCUT2D eigenvalue weighted by atomic mass is 32.1. The molecule has 1 aromatic rings. The van der Waals surface area contributed by atoms with Crippen molar-refractivity contribution in [2.45, 2.75) is 93.6 Å². The average molecular weight is 514 g/mol. The lowest BCUT2D eigenvalue weighted by Gasteiger charge is -2.54. The number of ether oxygens (including phenoxy) is 1. The number of amides is 1. The van der Waals surface area contributed by atoms with E-state index in [2.05, 4.69) is 10.2 Å². The van der Waals surface area contributed by atoms with Crippen LogP contribution >= 0.6 is 12.6 Å². The van der Waals surface area contributed by atoms with E-state index >= 15 is 0 Å². The van der Waals surface area contributed by atoms with Gasteiger partial charge in [0.15, 0.2) is 0 Å². The topological polar surface area (TPSA) is 91.8 Å². The van der Waals surface area contributed by atoms with Crippen LogP contribution in [0.25, 0.3) is 0 Å². The van der Waals surface area contributed by atoms with Crippen molar-refractivity contribution in [2.24, 2.45) is 23.7 Å². The Labute approximate surface area is 219 Å². The number of rotatable bonds is 7. The maximum absolute atomic E-state index is 13.8. The summed E-state index contributed by atoms with van der Waals surface area (Å²) in [6.07, 6.45) is 12.9. The summed E-state index contributed by atoms with van der Waals surface area (Å²) in [6, 6.07) is 2.25. The molecule has 1 aromatic heterocycles. The quantitative estimate of drug-likeness (QED) is 0.460. The number of aromatic nitrogens is 1. The van der Waals surface area contributed by atoms with E-state index in [1.807, 2.05) is 6.07 Å². The molecule has 8 heteroatoms. The number of anilines is 1. The Balaban J connectivity index is 1.24.